The van der Waals surface area contributed by atoms with Gasteiger partial charge < -0.3 is 5.32 Å². The molecule has 1 aromatic rings. The predicted octanol–water partition coefficient (Wildman–Crippen LogP) is 4.92. The summed E-state index contributed by atoms with van der Waals surface area (Å²) in [4.78, 5) is 0. The second-order valence-electron chi connectivity index (χ2n) is 6.53. The average Bonchev–Trinajstić information content (AvgIpc) is 2.54. The molecule has 0 radical (unpaired) electrons. The lowest BCUT2D eigenvalue weighted by Crippen LogP contribution is -2.36. The highest BCUT2D eigenvalue weighted by atomic mass is 14.9. The maximum Gasteiger partial charge on any atom is 0.0294 e. The highest BCUT2D eigenvalue weighted by molar-refractivity contribution is 5.30. The van der Waals surface area contributed by atoms with Crippen LogP contribution in [-0.4, -0.2) is 6.04 Å². The Balaban J connectivity index is 2.04. The number of hydrogen-bond acceptors (Lipinski definition) is 1. The minimum absolute atomic E-state index is 0.462. The topological polar surface area (TPSA) is 12.0 Å². The summed E-state index contributed by atoms with van der Waals surface area (Å²) in [5.41, 5.74) is 4.18. The average molecular weight is 259 g/mol. The van der Waals surface area contributed by atoms with E-state index in [0.29, 0.717) is 12.1 Å². The van der Waals surface area contributed by atoms with E-state index in [2.05, 4.69) is 51.2 Å². The van der Waals surface area contributed by atoms with Crippen molar-refractivity contribution in [2.45, 2.75) is 71.9 Å². The Bertz CT molecular complexity index is 390. The molecule has 1 nitrogen and oxygen atoms in total. The van der Waals surface area contributed by atoms with E-state index in [4.69, 9.17) is 0 Å². The Hall–Kier alpha value is -0.820. The van der Waals surface area contributed by atoms with Gasteiger partial charge in [-0.2, -0.15) is 0 Å². The van der Waals surface area contributed by atoms with Crippen LogP contribution in [0.3, 0.4) is 0 Å². The van der Waals surface area contributed by atoms with Gasteiger partial charge in [0.25, 0.3) is 0 Å². The lowest BCUT2D eigenvalue weighted by atomic mass is 9.94. The minimum Gasteiger partial charge on any atom is -0.307 e. The van der Waals surface area contributed by atoms with Crippen LogP contribution in [0.2, 0.25) is 0 Å². The number of hydrogen-bond donors (Lipinski definition) is 1. The molecule has 19 heavy (non-hydrogen) atoms. The number of benzene rings is 1. The lowest BCUT2D eigenvalue weighted by molar-refractivity contribution is 0.330. The van der Waals surface area contributed by atoms with Crippen LogP contribution in [0.4, 0.5) is 0 Å². The van der Waals surface area contributed by atoms with E-state index in [-0.39, 0.29) is 0 Å². The van der Waals surface area contributed by atoms with E-state index < -0.39 is 0 Å². The van der Waals surface area contributed by atoms with Crippen LogP contribution in [0, 0.1) is 19.8 Å². The zero-order valence-corrected chi connectivity index (χ0v) is 13.0. The molecule has 106 valence electrons. The second kappa shape index (κ2) is 6.56. The first-order valence-corrected chi connectivity index (χ1v) is 7.90. The van der Waals surface area contributed by atoms with E-state index >= 15 is 0 Å². The summed E-state index contributed by atoms with van der Waals surface area (Å²) in [6, 6.07) is 8.06. The summed E-state index contributed by atoms with van der Waals surface area (Å²) in [6.07, 6.45) is 6.95. The third kappa shape index (κ3) is 4.07. The smallest absolute Gasteiger partial charge is 0.0294 e. The molecular formula is C18H29N. The van der Waals surface area contributed by atoms with E-state index in [1.54, 1.807) is 0 Å². The van der Waals surface area contributed by atoms with Crippen molar-refractivity contribution in [3.8, 4) is 0 Å². The minimum atomic E-state index is 0.462. The van der Waals surface area contributed by atoms with E-state index in [9.17, 15) is 0 Å². The molecule has 0 amide bonds. The van der Waals surface area contributed by atoms with Gasteiger partial charge in [-0.1, -0.05) is 55.5 Å². The Morgan fingerprint density at radius 2 is 1.63 bits per heavy atom. The largest absolute Gasteiger partial charge is 0.307 e. The van der Waals surface area contributed by atoms with Gasteiger partial charge in [0.2, 0.25) is 0 Å². The van der Waals surface area contributed by atoms with Crippen LogP contribution < -0.4 is 5.32 Å². The van der Waals surface area contributed by atoms with Gasteiger partial charge in [-0.05, 0) is 45.1 Å². The van der Waals surface area contributed by atoms with E-state index in [1.807, 2.05) is 0 Å². The maximum absolute atomic E-state index is 3.88. The zero-order valence-electron chi connectivity index (χ0n) is 13.0. The van der Waals surface area contributed by atoms with Gasteiger partial charge in [0.15, 0.2) is 0 Å². The number of rotatable bonds is 3. The molecule has 1 saturated carbocycles. The fraction of sp³-hybridized carbons (Fsp3) is 0.667. The standard InChI is InChI=1S/C18H29N/c1-13-10-14(2)12-17(11-13)16(4)19-18-9-7-5-6-8-15(18)3/h10-12,15-16,18-19H,5-9H2,1-4H3. The van der Waals surface area contributed by atoms with Crippen LogP contribution in [0.15, 0.2) is 18.2 Å². The molecule has 0 bridgehead atoms. The molecule has 1 N–H and O–H groups in total. The van der Waals surface area contributed by atoms with Crippen molar-refractivity contribution < 1.29 is 0 Å². The fourth-order valence-corrected chi connectivity index (χ4v) is 3.42. The van der Waals surface area contributed by atoms with Gasteiger partial charge in [-0.3, -0.25) is 0 Å². The molecular weight excluding hydrogens is 230 g/mol. The summed E-state index contributed by atoms with van der Waals surface area (Å²) < 4.78 is 0. The van der Waals surface area contributed by atoms with Gasteiger partial charge in [-0.15, -0.1) is 0 Å². The summed E-state index contributed by atoms with van der Waals surface area (Å²) >= 11 is 0. The van der Waals surface area contributed by atoms with Crippen molar-refractivity contribution in [2.24, 2.45) is 5.92 Å². The van der Waals surface area contributed by atoms with Gasteiger partial charge in [-0.25, -0.2) is 0 Å². The molecule has 1 heteroatoms. The van der Waals surface area contributed by atoms with Gasteiger partial charge in [0.1, 0.15) is 0 Å². The molecule has 0 saturated heterocycles. The first kappa shape index (κ1) is 14.6. The highest BCUT2D eigenvalue weighted by Crippen LogP contribution is 2.26. The van der Waals surface area contributed by atoms with Crippen molar-refractivity contribution in [2.75, 3.05) is 0 Å². The molecule has 0 aromatic heterocycles. The quantitative estimate of drug-likeness (QED) is 0.759. The molecule has 0 aliphatic heterocycles. The molecule has 1 aromatic carbocycles. The molecule has 2 rings (SSSR count). The Morgan fingerprint density at radius 3 is 2.32 bits per heavy atom. The van der Waals surface area contributed by atoms with Crippen molar-refractivity contribution in [3.05, 3.63) is 34.9 Å². The molecule has 3 unspecified atom stereocenters. The summed E-state index contributed by atoms with van der Waals surface area (Å²) in [5.74, 6) is 0.816. The van der Waals surface area contributed by atoms with Crippen molar-refractivity contribution in [3.63, 3.8) is 0 Å². The lowest BCUT2D eigenvalue weighted by Gasteiger charge is -2.27. The first-order valence-electron chi connectivity index (χ1n) is 7.90. The molecule has 0 heterocycles. The van der Waals surface area contributed by atoms with Crippen LogP contribution in [0.5, 0.6) is 0 Å². The Kier molecular flexibility index (Phi) is 5.04. The fourth-order valence-electron chi connectivity index (χ4n) is 3.42. The molecule has 1 aliphatic rings. The van der Waals surface area contributed by atoms with Crippen LogP contribution in [-0.2, 0) is 0 Å². The van der Waals surface area contributed by atoms with Crippen LogP contribution >= 0.6 is 0 Å². The van der Waals surface area contributed by atoms with Gasteiger partial charge >= 0.3 is 0 Å². The molecule has 0 spiro atoms. The second-order valence-corrected chi connectivity index (χ2v) is 6.53. The maximum atomic E-state index is 3.88. The van der Waals surface area contributed by atoms with Crippen molar-refractivity contribution in [1.82, 2.24) is 5.32 Å². The van der Waals surface area contributed by atoms with Crippen molar-refractivity contribution >= 4 is 0 Å². The third-order valence-electron chi connectivity index (χ3n) is 4.57. The van der Waals surface area contributed by atoms with Crippen molar-refractivity contribution in [1.29, 1.82) is 0 Å². The molecule has 1 fully saturated rings. The highest BCUT2D eigenvalue weighted by Gasteiger charge is 2.21. The zero-order chi connectivity index (χ0) is 13.8. The third-order valence-corrected chi connectivity index (χ3v) is 4.57. The number of nitrogens with one attached hydrogen (secondary N) is 1. The molecule has 3 atom stereocenters. The number of aryl methyl sites for hydroxylation is 2. The Morgan fingerprint density at radius 1 is 1.00 bits per heavy atom. The van der Waals surface area contributed by atoms with Gasteiger partial charge in [0.05, 0.1) is 0 Å². The summed E-state index contributed by atoms with van der Waals surface area (Å²) in [6.45, 7) is 9.11. The van der Waals surface area contributed by atoms with Crippen LogP contribution in [0.1, 0.15) is 68.7 Å². The Labute approximate surface area is 118 Å². The predicted molar refractivity (Wildman–Crippen MR) is 83.5 cm³/mol. The van der Waals surface area contributed by atoms with Crippen LogP contribution in [0.25, 0.3) is 0 Å². The summed E-state index contributed by atoms with van der Waals surface area (Å²) in [7, 11) is 0. The SMILES string of the molecule is Cc1cc(C)cc(C(C)NC2CCCCCC2C)c1. The summed E-state index contributed by atoms with van der Waals surface area (Å²) in [5, 5.41) is 3.88. The van der Waals surface area contributed by atoms with Gasteiger partial charge in [0, 0.05) is 12.1 Å². The molecule has 1 aliphatic carbocycles. The van der Waals surface area contributed by atoms with E-state index in [1.165, 1.54) is 48.8 Å². The first-order chi connectivity index (χ1) is 9.06. The normalized spacial score (nSPS) is 25.9. The van der Waals surface area contributed by atoms with E-state index in [0.717, 1.165) is 5.92 Å². The monoisotopic (exact) mass is 259 g/mol.